The van der Waals surface area contributed by atoms with E-state index >= 15 is 8.78 Å². The summed E-state index contributed by atoms with van der Waals surface area (Å²) >= 11 is 6.27. The molecule has 4 N–H and O–H groups in total. The van der Waals surface area contributed by atoms with Crippen LogP contribution in [-0.4, -0.2) is 91.8 Å². The van der Waals surface area contributed by atoms with Gasteiger partial charge in [-0.2, -0.15) is 4.31 Å². The highest BCUT2D eigenvalue weighted by Gasteiger charge is 2.46. The van der Waals surface area contributed by atoms with E-state index in [2.05, 4.69) is 4.98 Å². The molecule has 4 heterocycles. The van der Waals surface area contributed by atoms with Crippen molar-refractivity contribution in [2.75, 3.05) is 49.1 Å². The van der Waals surface area contributed by atoms with Crippen LogP contribution in [0.3, 0.4) is 0 Å². The smallest absolute Gasteiger partial charge is 0.276 e. The molecular weight excluding hydrogens is 652 g/mol. The molecule has 47 heavy (non-hydrogen) atoms. The fourth-order valence-corrected chi connectivity index (χ4v) is 9.11. The monoisotopic (exact) mass is 693 g/mol. The third-order valence-electron chi connectivity index (χ3n) is 10.1. The van der Waals surface area contributed by atoms with Gasteiger partial charge in [-0.05, 0) is 75.4 Å². The predicted octanol–water partition coefficient (Wildman–Crippen LogP) is 3.16. The second-order valence-corrected chi connectivity index (χ2v) is 15.7. The number of hydrogen-bond acceptors (Lipinski definition) is 8. The number of nitrogens with two attached hydrogens (primary N) is 2. The van der Waals surface area contributed by atoms with Gasteiger partial charge in [0.15, 0.2) is 0 Å². The van der Waals surface area contributed by atoms with Crippen LogP contribution in [0.1, 0.15) is 51.0 Å². The molecule has 3 atom stereocenters. The van der Waals surface area contributed by atoms with Crippen LogP contribution >= 0.6 is 11.6 Å². The molecule has 3 aliphatic heterocycles. The maximum Gasteiger partial charge on any atom is 0.276 e. The minimum atomic E-state index is -3.83. The van der Waals surface area contributed by atoms with Gasteiger partial charge in [0.25, 0.3) is 5.92 Å². The molecule has 4 fully saturated rings. The van der Waals surface area contributed by atoms with Crippen molar-refractivity contribution in [3.8, 4) is 0 Å². The van der Waals surface area contributed by atoms with Gasteiger partial charge in [0.1, 0.15) is 11.0 Å². The first kappa shape index (κ1) is 34.0. The number of benzene rings is 1. The summed E-state index contributed by atoms with van der Waals surface area (Å²) in [5.74, 6) is -4.21. The lowest BCUT2D eigenvalue weighted by Crippen LogP contribution is -2.49. The summed E-state index contributed by atoms with van der Waals surface area (Å²) in [7, 11) is -3.83. The molecule has 0 unspecified atom stereocenters. The van der Waals surface area contributed by atoms with Crippen molar-refractivity contribution >= 4 is 44.9 Å². The van der Waals surface area contributed by atoms with Crippen LogP contribution in [0, 0.1) is 11.8 Å². The van der Waals surface area contributed by atoms with E-state index in [1.54, 1.807) is 26.8 Å². The molecule has 2 aromatic rings. The Balaban J connectivity index is 1.08. The number of hydrogen-bond donors (Lipinski definition) is 2. The Morgan fingerprint density at radius 1 is 0.979 bits per heavy atom. The van der Waals surface area contributed by atoms with E-state index in [-0.39, 0.29) is 103 Å². The van der Waals surface area contributed by atoms with Crippen molar-refractivity contribution in [3.63, 3.8) is 0 Å². The fraction of sp³-hybridized carbons (Fsp3) is 0.594. The Morgan fingerprint density at radius 3 is 2.21 bits per heavy atom. The van der Waals surface area contributed by atoms with Gasteiger partial charge >= 0.3 is 0 Å². The van der Waals surface area contributed by atoms with Crippen LogP contribution in [0.2, 0.25) is 5.15 Å². The molecule has 6 rings (SSSR count). The normalized spacial score (nSPS) is 27.9. The summed E-state index contributed by atoms with van der Waals surface area (Å²) in [5.41, 5.74) is 12.3. The van der Waals surface area contributed by atoms with E-state index in [1.807, 2.05) is 6.92 Å². The molecule has 1 aromatic heterocycles. The molecule has 0 bridgehead atoms. The van der Waals surface area contributed by atoms with Crippen LogP contribution < -0.4 is 21.3 Å². The molecule has 1 aliphatic carbocycles. The van der Waals surface area contributed by atoms with Crippen LogP contribution in [0.25, 0.3) is 0 Å². The molecule has 256 valence electrons. The predicted molar refractivity (Wildman–Crippen MR) is 175 cm³/mol. The van der Waals surface area contributed by atoms with Crippen molar-refractivity contribution in [1.29, 1.82) is 0 Å². The Morgan fingerprint density at radius 2 is 1.64 bits per heavy atom. The van der Waals surface area contributed by atoms with E-state index in [9.17, 15) is 18.0 Å². The zero-order valence-electron chi connectivity index (χ0n) is 26.4. The number of likely N-dealkylation sites (tertiary alicyclic amines) is 1. The molecule has 1 aromatic carbocycles. The highest BCUT2D eigenvalue weighted by molar-refractivity contribution is 7.89. The van der Waals surface area contributed by atoms with Crippen molar-refractivity contribution in [1.82, 2.24) is 14.2 Å². The molecule has 2 amide bonds. The number of sulfonamides is 1. The van der Waals surface area contributed by atoms with E-state index in [1.165, 1.54) is 28.6 Å². The second-order valence-electron chi connectivity index (χ2n) is 13.4. The molecule has 0 spiro atoms. The topological polar surface area (TPSA) is 146 Å². The summed E-state index contributed by atoms with van der Waals surface area (Å²) < 4.78 is 60.1. The van der Waals surface area contributed by atoms with Gasteiger partial charge in [-0.3, -0.25) is 9.59 Å². The Labute approximate surface area is 279 Å². The summed E-state index contributed by atoms with van der Waals surface area (Å²) in [6.45, 7) is 3.60. The lowest BCUT2D eigenvalue weighted by atomic mass is 9.77. The van der Waals surface area contributed by atoms with Crippen molar-refractivity contribution in [2.24, 2.45) is 23.3 Å². The van der Waals surface area contributed by atoms with Crippen LogP contribution in [0.4, 0.5) is 20.3 Å². The number of pyridine rings is 1. The van der Waals surface area contributed by atoms with Gasteiger partial charge in [0.05, 0.1) is 4.90 Å². The Bertz CT molecular complexity index is 1600. The minimum absolute atomic E-state index is 0.0170. The SMILES string of the molecule is C[C@H]1C[C@H](N)CN1C(=O)[C@H]1CC[C@H](C(F)(F)c2cc(Cl)nc(N3CCN(S(=O)(=O)c4ccc(N5C[C@H](N)CC5=O)cc4)CC3)c2)CC1. The number of halogens is 3. The average molecular weight is 694 g/mol. The molecule has 0 radical (unpaired) electrons. The largest absolute Gasteiger partial charge is 0.354 e. The molecule has 1 saturated carbocycles. The number of piperazine rings is 1. The molecule has 3 saturated heterocycles. The van der Waals surface area contributed by atoms with Crippen molar-refractivity contribution in [3.05, 3.63) is 47.1 Å². The van der Waals surface area contributed by atoms with Gasteiger partial charge in [0.2, 0.25) is 21.8 Å². The summed E-state index contributed by atoms with van der Waals surface area (Å²) in [5, 5.41) is -0.0621. The fourth-order valence-electron chi connectivity index (χ4n) is 7.48. The highest BCUT2D eigenvalue weighted by atomic mass is 35.5. The number of nitrogens with zero attached hydrogens (tertiary/aromatic N) is 5. The molecule has 15 heteroatoms. The van der Waals surface area contributed by atoms with Crippen LogP contribution in [0.15, 0.2) is 41.3 Å². The number of rotatable bonds is 7. The van der Waals surface area contributed by atoms with E-state index in [4.69, 9.17) is 23.1 Å². The zero-order chi connectivity index (χ0) is 33.7. The standard InChI is InChI=1S/C32H42ClF2N7O4S/c1-20-14-24(36)18-41(20)31(44)21-2-4-22(5-3-21)32(34,35)23-15-28(33)38-29(16-23)39-10-12-40(13-11-39)47(45,46)27-8-6-26(7-9-27)42-19-25(37)17-30(42)43/h6-9,15-16,20-22,24-25H,2-5,10-14,17-19,36-37H2,1H3/t20-,21-,22-,24-,25+/m0/s1. The maximum absolute atomic E-state index is 16.0. The van der Waals surface area contributed by atoms with Crippen molar-refractivity contribution in [2.45, 2.75) is 74.4 Å². The summed E-state index contributed by atoms with van der Waals surface area (Å²) in [6, 6.07) is 8.48. The van der Waals surface area contributed by atoms with E-state index < -0.39 is 21.9 Å². The second kappa shape index (κ2) is 13.2. The summed E-state index contributed by atoms with van der Waals surface area (Å²) in [4.78, 5) is 34.8. The van der Waals surface area contributed by atoms with Gasteiger partial charge in [-0.25, -0.2) is 22.2 Å². The number of carbonyl (C=O) groups excluding carboxylic acids is 2. The minimum Gasteiger partial charge on any atom is -0.354 e. The zero-order valence-corrected chi connectivity index (χ0v) is 28.0. The number of anilines is 2. The lowest BCUT2D eigenvalue weighted by molar-refractivity contribution is -0.140. The van der Waals surface area contributed by atoms with Gasteiger partial charge in [-0.1, -0.05) is 11.6 Å². The first-order valence-corrected chi connectivity index (χ1v) is 18.1. The van der Waals surface area contributed by atoms with Gasteiger partial charge in [0, 0.05) is 86.9 Å². The number of aromatic nitrogens is 1. The molecule has 11 nitrogen and oxygen atoms in total. The number of carbonyl (C=O) groups is 2. The third kappa shape index (κ3) is 6.85. The quantitative estimate of drug-likeness (QED) is 0.421. The molecular formula is C32H42ClF2N7O4S. The lowest BCUT2D eigenvalue weighted by Gasteiger charge is -2.37. The van der Waals surface area contributed by atoms with Gasteiger partial charge < -0.3 is 26.2 Å². The first-order chi connectivity index (χ1) is 22.2. The average Bonchev–Trinajstić information content (AvgIpc) is 3.58. The Kier molecular flexibility index (Phi) is 9.53. The third-order valence-corrected chi connectivity index (χ3v) is 12.3. The Hall–Kier alpha value is -2.91. The number of amides is 2. The van der Waals surface area contributed by atoms with Crippen LogP contribution in [-0.2, 0) is 25.5 Å². The van der Waals surface area contributed by atoms with Crippen molar-refractivity contribution < 1.29 is 26.8 Å². The van der Waals surface area contributed by atoms with Gasteiger partial charge in [-0.15, -0.1) is 0 Å². The maximum atomic E-state index is 16.0. The molecule has 4 aliphatic rings. The highest BCUT2D eigenvalue weighted by Crippen LogP contribution is 2.46. The first-order valence-electron chi connectivity index (χ1n) is 16.3. The number of alkyl halides is 2. The van der Waals surface area contributed by atoms with Crippen LogP contribution in [0.5, 0.6) is 0 Å². The summed E-state index contributed by atoms with van der Waals surface area (Å²) in [6.07, 6.45) is 2.23. The van der Waals surface area contributed by atoms with E-state index in [0.29, 0.717) is 31.6 Å². The van der Waals surface area contributed by atoms with E-state index in [0.717, 1.165) is 6.42 Å².